The average molecular weight is 400 g/mol. The topological polar surface area (TPSA) is 82.8 Å². The van der Waals surface area contributed by atoms with Gasteiger partial charge >= 0.3 is 16.5 Å². The monoisotopic (exact) mass is 400 g/mol. The van der Waals surface area contributed by atoms with E-state index in [1.165, 1.54) is 30.3 Å². The molecule has 3 aromatic rings. The fourth-order valence-corrected chi connectivity index (χ4v) is 2.82. The van der Waals surface area contributed by atoms with Crippen molar-refractivity contribution in [1.29, 1.82) is 0 Å². The van der Waals surface area contributed by atoms with Crippen LogP contribution in [-0.2, 0) is 10.1 Å². The summed E-state index contributed by atoms with van der Waals surface area (Å²) in [5.41, 5.74) is 0.114. The number of alkyl halides is 3. The van der Waals surface area contributed by atoms with Crippen LogP contribution in [0, 0.1) is 0 Å². The average Bonchev–Trinajstić information content (AvgIpc) is 2.53. The van der Waals surface area contributed by atoms with Crippen molar-refractivity contribution in [2.75, 3.05) is 6.26 Å². The van der Waals surface area contributed by atoms with Gasteiger partial charge in [-0.1, -0.05) is 12.1 Å². The van der Waals surface area contributed by atoms with Gasteiger partial charge in [0.05, 0.1) is 17.2 Å². The molecule has 0 saturated heterocycles. The van der Waals surface area contributed by atoms with Crippen molar-refractivity contribution in [2.24, 2.45) is 0 Å². The SMILES string of the molecule is CS(=O)(=O)Oc1ccc2c(=O)c(-c3ccc(OC(F)(F)F)cc3)coc2c1. The third kappa shape index (κ3) is 4.59. The molecule has 27 heavy (non-hydrogen) atoms. The van der Waals surface area contributed by atoms with E-state index >= 15 is 0 Å². The summed E-state index contributed by atoms with van der Waals surface area (Å²) in [6, 6.07) is 8.63. The van der Waals surface area contributed by atoms with Gasteiger partial charge in [0, 0.05) is 6.07 Å². The Morgan fingerprint density at radius 2 is 1.63 bits per heavy atom. The van der Waals surface area contributed by atoms with E-state index in [9.17, 15) is 26.4 Å². The Bertz CT molecular complexity index is 1150. The predicted octanol–water partition coefficient (Wildman–Crippen LogP) is 3.70. The zero-order chi connectivity index (χ0) is 19.8. The molecule has 0 N–H and O–H groups in total. The second-order valence-electron chi connectivity index (χ2n) is 5.50. The first kappa shape index (κ1) is 18.8. The summed E-state index contributed by atoms with van der Waals surface area (Å²) in [5, 5.41) is 0.156. The second kappa shape index (κ2) is 6.62. The van der Waals surface area contributed by atoms with Crippen molar-refractivity contribution in [3.05, 3.63) is 59.0 Å². The van der Waals surface area contributed by atoms with Crippen LogP contribution in [0.1, 0.15) is 0 Å². The third-order valence-electron chi connectivity index (χ3n) is 3.39. The highest BCUT2D eigenvalue weighted by Gasteiger charge is 2.31. The van der Waals surface area contributed by atoms with Gasteiger partial charge in [0.1, 0.15) is 23.3 Å². The van der Waals surface area contributed by atoms with Crippen LogP contribution in [0.25, 0.3) is 22.1 Å². The Kier molecular flexibility index (Phi) is 4.60. The van der Waals surface area contributed by atoms with Crippen LogP contribution < -0.4 is 14.3 Å². The highest BCUT2D eigenvalue weighted by atomic mass is 32.2. The third-order valence-corrected chi connectivity index (χ3v) is 3.89. The standard InChI is InChI=1S/C17H11F3O6S/c1-27(22,23)26-12-6-7-13-15(8-12)24-9-14(16(13)21)10-2-4-11(5-3-10)25-17(18,19)20/h2-9H,1H3. The molecule has 0 aliphatic rings. The minimum Gasteiger partial charge on any atom is -0.463 e. The Hall–Kier alpha value is -3.01. The summed E-state index contributed by atoms with van der Waals surface area (Å²) >= 11 is 0. The molecular formula is C17H11F3O6S. The van der Waals surface area contributed by atoms with Crippen molar-refractivity contribution >= 4 is 21.1 Å². The summed E-state index contributed by atoms with van der Waals surface area (Å²) in [7, 11) is -3.74. The van der Waals surface area contributed by atoms with E-state index in [2.05, 4.69) is 4.74 Å². The molecule has 3 rings (SSSR count). The molecule has 0 spiro atoms. The molecule has 2 aromatic carbocycles. The molecule has 142 valence electrons. The lowest BCUT2D eigenvalue weighted by atomic mass is 10.1. The molecule has 0 radical (unpaired) electrons. The highest BCUT2D eigenvalue weighted by Crippen LogP contribution is 2.27. The van der Waals surface area contributed by atoms with Crippen LogP contribution in [0.4, 0.5) is 13.2 Å². The minimum atomic E-state index is -4.81. The minimum absolute atomic E-state index is 0.0189. The smallest absolute Gasteiger partial charge is 0.463 e. The molecule has 1 aromatic heterocycles. The van der Waals surface area contributed by atoms with Gasteiger partial charge in [-0.05, 0) is 29.8 Å². The van der Waals surface area contributed by atoms with E-state index in [0.29, 0.717) is 5.56 Å². The first-order valence-electron chi connectivity index (χ1n) is 7.33. The quantitative estimate of drug-likeness (QED) is 0.621. The largest absolute Gasteiger partial charge is 0.573 e. The number of rotatable bonds is 4. The molecule has 0 aliphatic carbocycles. The molecule has 0 bridgehead atoms. The molecule has 0 atom stereocenters. The number of fused-ring (bicyclic) bond motifs is 1. The maximum Gasteiger partial charge on any atom is 0.573 e. The molecule has 0 aliphatic heterocycles. The number of hydrogen-bond donors (Lipinski definition) is 0. The first-order chi connectivity index (χ1) is 12.5. The van der Waals surface area contributed by atoms with E-state index in [4.69, 9.17) is 8.60 Å². The summed E-state index contributed by atoms with van der Waals surface area (Å²) in [4.78, 5) is 12.6. The van der Waals surface area contributed by atoms with Crippen LogP contribution in [0.3, 0.4) is 0 Å². The zero-order valence-corrected chi connectivity index (χ0v) is 14.4. The van der Waals surface area contributed by atoms with Gasteiger partial charge in [-0.25, -0.2) is 0 Å². The van der Waals surface area contributed by atoms with Crippen LogP contribution >= 0.6 is 0 Å². The lowest BCUT2D eigenvalue weighted by Gasteiger charge is -2.09. The number of benzene rings is 2. The van der Waals surface area contributed by atoms with Gasteiger partial charge in [0.2, 0.25) is 0 Å². The molecule has 0 fully saturated rings. The molecule has 6 nitrogen and oxygen atoms in total. The van der Waals surface area contributed by atoms with Gasteiger partial charge in [0.25, 0.3) is 0 Å². The maximum atomic E-state index is 12.6. The predicted molar refractivity (Wildman–Crippen MR) is 90.1 cm³/mol. The van der Waals surface area contributed by atoms with Gasteiger partial charge in [-0.3, -0.25) is 4.79 Å². The Labute approximate surface area is 150 Å². The summed E-state index contributed by atoms with van der Waals surface area (Å²) in [6.45, 7) is 0. The first-order valence-corrected chi connectivity index (χ1v) is 9.15. The van der Waals surface area contributed by atoms with Gasteiger partial charge in [-0.15, -0.1) is 13.2 Å². The van der Waals surface area contributed by atoms with E-state index in [1.807, 2.05) is 0 Å². The lowest BCUT2D eigenvalue weighted by Crippen LogP contribution is -2.17. The van der Waals surface area contributed by atoms with Crippen molar-refractivity contribution < 1.29 is 34.9 Å². The lowest BCUT2D eigenvalue weighted by molar-refractivity contribution is -0.274. The summed E-state index contributed by atoms with van der Waals surface area (Å²) in [6.07, 6.45) is -2.80. The molecule has 1 heterocycles. The number of halogens is 3. The second-order valence-corrected chi connectivity index (χ2v) is 7.07. The normalized spacial score (nSPS) is 12.1. The van der Waals surface area contributed by atoms with E-state index in [-0.39, 0.29) is 22.3 Å². The summed E-state index contributed by atoms with van der Waals surface area (Å²) in [5.74, 6) is -0.437. The Balaban J connectivity index is 1.97. The van der Waals surface area contributed by atoms with Gasteiger partial charge in [-0.2, -0.15) is 8.42 Å². The molecule has 0 unspecified atom stereocenters. The number of ether oxygens (including phenoxy) is 1. The van der Waals surface area contributed by atoms with E-state index in [1.54, 1.807) is 0 Å². The molecule has 0 amide bonds. The molecular weight excluding hydrogens is 389 g/mol. The van der Waals surface area contributed by atoms with Crippen LogP contribution in [-0.4, -0.2) is 21.0 Å². The zero-order valence-electron chi connectivity index (χ0n) is 13.6. The fourth-order valence-electron chi connectivity index (χ4n) is 2.37. The fraction of sp³-hybridized carbons (Fsp3) is 0.118. The van der Waals surface area contributed by atoms with Gasteiger partial charge < -0.3 is 13.3 Å². The highest BCUT2D eigenvalue weighted by molar-refractivity contribution is 7.86. The van der Waals surface area contributed by atoms with Crippen molar-refractivity contribution in [2.45, 2.75) is 6.36 Å². The van der Waals surface area contributed by atoms with Crippen LogP contribution in [0.15, 0.2) is 57.9 Å². The van der Waals surface area contributed by atoms with Crippen LogP contribution in [0.5, 0.6) is 11.5 Å². The van der Waals surface area contributed by atoms with E-state index in [0.717, 1.165) is 24.7 Å². The Morgan fingerprint density at radius 3 is 2.22 bits per heavy atom. The summed E-state index contributed by atoms with van der Waals surface area (Å²) < 4.78 is 72.8. The Morgan fingerprint density at radius 1 is 1.00 bits per heavy atom. The van der Waals surface area contributed by atoms with Gasteiger partial charge in [0.15, 0.2) is 5.43 Å². The van der Waals surface area contributed by atoms with E-state index < -0.39 is 27.7 Å². The van der Waals surface area contributed by atoms with Crippen molar-refractivity contribution in [1.82, 2.24) is 0 Å². The van der Waals surface area contributed by atoms with Crippen molar-refractivity contribution in [3.8, 4) is 22.6 Å². The molecule has 10 heteroatoms. The van der Waals surface area contributed by atoms with Crippen molar-refractivity contribution in [3.63, 3.8) is 0 Å². The maximum absolute atomic E-state index is 12.6. The van der Waals surface area contributed by atoms with Crippen LogP contribution in [0.2, 0.25) is 0 Å². The molecule has 0 saturated carbocycles. The number of hydrogen-bond acceptors (Lipinski definition) is 6.